The molecule has 1 N–H and O–H groups in total. The Labute approximate surface area is 103 Å². The van der Waals surface area contributed by atoms with Gasteiger partial charge in [-0.05, 0) is 24.5 Å². The minimum Gasteiger partial charge on any atom is -0.481 e. The zero-order chi connectivity index (χ0) is 11.5. The van der Waals surface area contributed by atoms with Crippen molar-refractivity contribution in [1.82, 2.24) is 0 Å². The summed E-state index contributed by atoms with van der Waals surface area (Å²) in [4.78, 5) is 11.3. The van der Waals surface area contributed by atoms with Crippen molar-refractivity contribution in [2.24, 2.45) is 0 Å². The van der Waals surface area contributed by atoms with E-state index in [9.17, 15) is 9.90 Å². The van der Waals surface area contributed by atoms with Crippen LogP contribution in [0.1, 0.15) is 24.3 Å². The Morgan fingerprint density at radius 2 is 2.25 bits per heavy atom. The van der Waals surface area contributed by atoms with Gasteiger partial charge in [0.1, 0.15) is 5.92 Å². The second kappa shape index (κ2) is 4.97. The van der Waals surface area contributed by atoms with Gasteiger partial charge in [-0.2, -0.15) is 0 Å². The summed E-state index contributed by atoms with van der Waals surface area (Å²) in [6, 6.07) is 7.43. The van der Waals surface area contributed by atoms with Crippen LogP contribution >= 0.6 is 15.9 Å². The van der Waals surface area contributed by atoms with Crippen molar-refractivity contribution in [1.29, 1.82) is 0 Å². The summed E-state index contributed by atoms with van der Waals surface area (Å²) in [7, 11) is 0. The fourth-order valence-corrected chi connectivity index (χ4v) is 2.62. The van der Waals surface area contributed by atoms with Crippen molar-refractivity contribution in [3.63, 3.8) is 0 Å². The fourth-order valence-electron chi connectivity index (χ4n) is 2.09. The Hall–Kier alpha value is -0.870. The summed E-state index contributed by atoms with van der Waals surface area (Å²) in [5.74, 6) is -1.39. The summed E-state index contributed by atoms with van der Waals surface area (Å²) in [5.41, 5.74) is 0.793. The summed E-state index contributed by atoms with van der Waals surface area (Å²) in [6.45, 7) is 0.666. The molecule has 1 aliphatic heterocycles. The van der Waals surface area contributed by atoms with Crippen LogP contribution in [0, 0.1) is 0 Å². The van der Waals surface area contributed by atoms with Gasteiger partial charge in [-0.25, -0.2) is 0 Å². The Kier molecular flexibility index (Phi) is 3.61. The Morgan fingerprint density at radius 1 is 1.50 bits per heavy atom. The Morgan fingerprint density at radius 3 is 2.81 bits per heavy atom. The van der Waals surface area contributed by atoms with E-state index in [4.69, 9.17) is 4.74 Å². The molecular weight excluding hydrogens is 272 g/mol. The first-order valence-corrected chi connectivity index (χ1v) is 6.08. The molecule has 0 bridgehead atoms. The van der Waals surface area contributed by atoms with Gasteiger partial charge in [-0.15, -0.1) is 0 Å². The molecule has 0 aliphatic carbocycles. The first-order valence-electron chi connectivity index (χ1n) is 5.29. The van der Waals surface area contributed by atoms with Crippen LogP contribution in [0.4, 0.5) is 0 Å². The molecule has 0 saturated carbocycles. The highest BCUT2D eigenvalue weighted by Crippen LogP contribution is 2.33. The molecule has 3 nitrogen and oxygen atoms in total. The molecule has 1 aromatic carbocycles. The molecule has 1 fully saturated rings. The molecule has 2 atom stereocenters. The second-order valence-electron chi connectivity index (χ2n) is 3.89. The molecule has 16 heavy (non-hydrogen) atoms. The number of carboxylic acids is 1. The number of ether oxygens (including phenoxy) is 1. The molecular formula is C12H13BrO3. The molecule has 0 aromatic heterocycles. The lowest BCUT2D eigenvalue weighted by molar-refractivity contribution is -0.141. The molecule has 0 spiro atoms. The smallest absolute Gasteiger partial charge is 0.313 e. The number of hydrogen-bond donors (Lipinski definition) is 1. The van der Waals surface area contributed by atoms with Gasteiger partial charge in [-0.3, -0.25) is 4.79 Å². The molecule has 86 valence electrons. The van der Waals surface area contributed by atoms with E-state index in [2.05, 4.69) is 15.9 Å². The summed E-state index contributed by atoms with van der Waals surface area (Å²) >= 11 is 3.39. The lowest BCUT2D eigenvalue weighted by Crippen LogP contribution is -2.25. The third-order valence-corrected chi connectivity index (χ3v) is 3.57. The van der Waals surface area contributed by atoms with E-state index in [1.807, 2.05) is 24.3 Å². The molecule has 1 saturated heterocycles. The van der Waals surface area contributed by atoms with Crippen LogP contribution in [0.5, 0.6) is 0 Å². The van der Waals surface area contributed by atoms with Crippen LogP contribution in [0.3, 0.4) is 0 Å². The molecule has 4 heteroatoms. The minimum absolute atomic E-state index is 0.198. The van der Waals surface area contributed by atoms with Gasteiger partial charge in [-0.1, -0.05) is 34.1 Å². The zero-order valence-electron chi connectivity index (χ0n) is 8.73. The van der Waals surface area contributed by atoms with Gasteiger partial charge in [0.15, 0.2) is 0 Å². The van der Waals surface area contributed by atoms with E-state index in [-0.39, 0.29) is 6.10 Å². The van der Waals surface area contributed by atoms with Crippen molar-refractivity contribution < 1.29 is 14.6 Å². The molecule has 1 aromatic rings. The Balaban J connectivity index is 2.32. The van der Waals surface area contributed by atoms with Gasteiger partial charge in [0.2, 0.25) is 0 Å². The predicted molar refractivity (Wildman–Crippen MR) is 63.5 cm³/mol. The molecule has 1 heterocycles. The monoisotopic (exact) mass is 284 g/mol. The van der Waals surface area contributed by atoms with Crippen molar-refractivity contribution >= 4 is 21.9 Å². The van der Waals surface area contributed by atoms with Crippen LogP contribution in [-0.2, 0) is 9.53 Å². The van der Waals surface area contributed by atoms with Gasteiger partial charge < -0.3 is 9.84 Å². The first kappa shape index (κ1) is 11.6. The summed E-state index contributed by atoms with van der Waals surface area (Å²) < 4.78 is 6.32. The maximum Gasteiger partial charge on any atom is 0.313 e. The van der Waals surface area contributed by atoms with Gasteiger partial charge >= 0.3 is 5.97 Å². The predicted octanol–water partition coefficient (Wildman–Crippen LogP) is 2.80. The number of hydrogen-bond acceptors (Lipinski definition) is 2. The molecule has 2 rings (SSSR count). The lowest BCUT2D eigenvalue weighted by atomic mass is 9.92. The van der Waals surface area contributed by atoms with Crippen molar-refractivity contribution in [2.75, 3.05) is 6.61 Å². The number of aliphatic carboxylic acids is 1. The number of rotatable bonds is 3. The summed E-state index contributed by atoms with van der Waals surface area (Å²) in [6.07, 6.45) is 1.56. The highest BCUT2D eigenvalue weighted by atomic mass is 79.9. The molecule has 2 unspecified atom stereocenters. The van der Waals surface area contributed by atoms with E-state index in [1.54, 1.807) is 0 Å². The van der Waals surface area contributed by atoms with Crippen LogP contribution < -0.4 is 0 Å². The van der Waals surface area contributed by atoms with Gasteiger partial charge in [0.25, 0.3) is 0 Å². The van der Waals surface area contributed by atoms with E-state index < -0.39 is 11.9 Å². The maximum atomic E-state index is 11.3. The van der Waals surface area contributed by atoms with Crippen molar-refractivity contribution in [2.45, 2.75) is 24.9 Å². The second-order valence-corrected chi connectivity index (χ2v) is 4.74. The lowest BCUT2D eigenvalue weighted by Gasteiger charge is -2.20. The highest BCUT2D eigenvalue weighted by Gasteiger charge is 2.33. The maximum absolute atomic E-state index is 11.3. The van der Waals surface area contributed by atoms with E-state index in [0.717, 1.165) is 22.9 Å². The Bertz CT molecular complexity index is 386. The van der Waals surface area contributed by atoms with E-state index in [1.165, 1.54) is 0 Å². The number of benzene rings is 1. The standard InChI is InChI=1S/C12H13BrO3/c13-9-5-2-1-4-8(9)11(12(14)15)10-6-3-7-16-10/h1-2,4-5,10-11H,3,6-7H2,(H,14,15). The third-order valence-electron chi connectivity index (χ3n) is 2.84. The normalized spacial score (nSPS) is 21.9. The quantitative estimate of drug-likeness (QED) is 0.929. The molecule has 0 amide bonds. The average Bonchev–Trinajstić information content (AvgIpc) is 2.74. The van der Waals surface area contributed by atoms with Gasteiger partial charge in [0, 0.05) is 11.1 Å². The van der Waals surface area contributed by atoms with Crippen molar-refractivity contribution in [3.05, 3.63) is 34.3 Å². The van der Waals surface area contributed by atoms with Crippen molar-refractivity contribution in [3.8, 4) is 0 Å². The van der Waals surface area contributed by atoms with E-state index >= 15 is 0 Å². The number of carbonyl (C=O) groups is 1. The number of carboxylic acid groups (broad SMARTS) is 1. The average molecular weight is 285 g/mol. The SMILES string of the molecule is O=C(O)C(c1ccccc1Br)C1CCCO1. The van der Waals surface area contributed by atoms with Crippen LogP contribution in [0.2, 0.25) is 0 Å². The first-order chi connectivity index (χ1) is 7.70. The summed E-state index contributed by atoms with van der Waals surface area (Å²) in [5, 5.41) is 9.31. The topological polar surface area (TPSA) is 46.5 Å². The third kappa shape index (κ3) is 2.28. The molecule has 1 aliphatic rings. The van der Waals surface area contributed by atoms with E-state index in [0.29, 0.717) is 6.61 Å². The minimum atomic E-state index is -0.821. The number of halogens is 1. The largest absolute Gasteiger partial charge is 0.481 e. The zero-order valence-corrected chi connectivity index (χ0v) is 10.3. The van der Waals surface area contributed by atoms with Crippen LogP contribution in [-0.4, -0.2) is 23.8 Å². The van der Waals surface area contributed by atoms with Crippen LogP contribution in [0.25, 0.3) is 0 Å². The van der Waals surface area contributed by atoms with Crippen LogP contribution in [0.15, 0.2) is 28.7 Å². The molecule has 0 radical (unpaired) electrons. The fraction of sp³-hybridized carbons (Fsp3) is 0.417. The highest BCUT2D eigenvalue weighted by molar-refractivity contribution is 9.10. The van der Waals surface area contributed by atoms with Gasteiger partial charge in [0.05, 0.1) is 6.10 Å².